The van der Waals surface area contributed by atoms with E-state index in [0.29, 0.717) is 0 Å². The average Bonchev–Trinajstić information content (AvgIpc) is 2.53. The molecule has 0 bridgehead atoms. The summed E-state index contributed by atoms with van der Waals surface area (Å²) in [6, 6.07) is 4.62. The van der Waals surface area contributed by atoms with Gasteiger partial charge in [0.1, 0.15) is 0 Å². The molecular formula is C17H29N3. The first kappa shape index (κ1) is 15.5. The summed E-state index contributed by atoms with van der Waals surface area (Å²) in [7, 11) is 2.21. The maximum atomic E-state index is 6.51. The Hall–Kier alpha value is -0.900. The Kier molecular flexibility index (Phi) is 5.19. The lowest BCUT2D eigenvalue weighted by molar-refractivity contribution is 0.261. The molecule has 1 saturated heterocycles. The fraction of sp³-hybridized carbons (Fsp3) is 0.647. The van der Waals surface area contributed by atoms with E-state index in [-0.39, 0.29) is 6.04 Å². The molecule has 112 valence electrons. The van der Waals surface area contributed by atoms with Crippen molar-refractivity contribution in [1.82, 2.24) is 9.80 Å². The first-order chi connectivity index (χ1) is 9.47. The van der Waals surface area contributed by atoms with Crippen LogP contribution in [0.3, 0.4) is 0 Å². The molecule has 0 amide bonds. The summed E-state index contributed by atoms with van der Waals surface area (Å²) >= 11 is 0. The smallest absolute Gasteiger partial charge is 0.0429 e. The predicted octanol–water partition coefficient (Wildman–Crippen LogP) is 2.25. The van der Waals surface area contributed by atoms with Crippen molar-refractivity contribution in [2.24, 2.45) is 5.73 Å². The van der Waals surface area contributed by atoms with E-state index in [1.165, 1.54) is 41.8 Å². The normalized spacial score (nSPS) is 19.9. The molecule has 1 aromatic rings. The van der Waals surface area contributed by atoms with Gasteiger partial charge in [-0.3, -0.25) is 0 Å². The SMILES string of the molecule is Cc1cc(C)c(C(N)CN2CCCN(C)CC2)c(C)c1. The fourth-order valence-corrected chi connectivity index (χ4v) is 3.43. The summed E-state index contributed by atoms with van der Waals surface area (Å²) < 4.78 is 0. The van der Waals surface area contributed by atoms with Crippen LogP contribution in [-0.2, 0) is 0 Å². The van der Waals surface area contributed by atoms with Crippen LogP contribution >= 0.6 is 0 Å². The van der Waals surface area contributed by atoms with E-state index in [9.17, 15) is 0 Å². The minimum absolute atomic E-state index is 0.124. The highest BCUT2D eigenvalue weighted by molar-refractivity contribution is 5.39. The van der Waals surface area contributed by atoms with E-state index < -0.39 is 0 Å². The molecule has 20 heavy (non-hydrogen) atoms. The van der Waals surface area contributed by atoms with Crippen molar-refractivity contribution in [3.8, 4) is 0 Å². The highest BCUT2D eigenvalue weighted by Crippen LogP contribution is 2.23. The average molecular weight is 275 g/mol. The fourth-order valence-electron chi connectivity index (χ4n) is 3.43. The quantitative estimate of drug-likeness (QED) is 0.918. The molecule has 1 fully saturated rings. The molecule has 3 nitrogen and oxygen atoms in total. The largest absolute Gasteiger partial charge is 0.323 e. The number of hydrogen-bond donors (Lipinski definition) is 1. The molecule has 1 unspecified atom stereocenters. The summed E-state index contributed by atoms with van der Waals surface area (Å²) in [5, 5.41) is 0. The van der Waals surface area contributed by atoms with Crippen LogP contribution in [0.15, 0.2) is 12.1 Å². The lowest BCUT2D eigenvalue weighted by Gasteiger charge is -2.26. The Bertz CT molecular complexity index is 433. The van der Waals surface area contributed by atoms with Crippen LogP contribution < -0.4 is 5.73 Å². The Balaban J connectivity index is 2.06. The molecule has 0 aromatic heterocycles. The van der Waals surface area contributed by atoms with Crippen molar-refractivity contribution in [3.05, 3.63) is 34.4 Å². The van der Waals surface area contributed by atoms with E-state index in [4.69, 9.17) is 5.73 Å². The molecule has 1 atom stereocenters. The van der Waals surface area contributed by atoms with E-state index >= 15 is 0 Å². The second-order valence-electron chi connectivity index (χ2n) is 6.38. The Morgan fingerprint density at radius 3 is 2.35 bits per heavy atom. The van der Waals surface area contributed by atoms with Crippen molar-refractivity contribution in [2.45, 2.75) is 33.2 Å². The highest BCUT2D eigenvalue weighted by atomic mass is 15.2. The third-order valence-electron chi connectivity index (χ3n) is 4.38. The zero-order chi connectivity index (χ0) is 14.7. The van der Waals surface area contributed by atoms with Gasteiger partial charge in [-0.2, -0.15) is 0 Å². The van der Waals surface area contributed by atoms with Crippen molar-refractivity contribution in [2.75, 3.05) is 39.8 Å². The van der Waals surface area contributed by atoms with Gasteiger partial charge in [0.15, 0.2) is 0 Å². The number of nitrogens with two attached hydrogens (primary N) is 1. The Morgan fingerprint density at radius 2 is 1.70 bits per heavy atom. The summed E-state index contributed by atoms with van der Waals surface area (Å²) in [4.78, 5) is 4.93. The van der Waals surface area contributed by atoms with Gasteiger partial charge < -0.3 is 15.5 Å². The number of rotatable bonds is 3. The van der Waals surface area contributed by atoms with Gasteiger partial charge in [-0.15, -0.1) is 0 Å². The monoisotopic (exact) mass is 275 g/mol. The number of aryl methyl sites for hydroxylation is 3. The van der Waals surface area contributed by atoms with Gasteiger partial charge in [-0.05, 0) is 64.0 Å². The molecule has 0 aliphatic carbocycles. The van der Waals surface area contributed by atoms with Crippen LogP contribution in [-0.4, -0.2) is 49.6 Å². The molecule has 0 saturated carbocycles. The summed E-state index contributed by atoms with van der Waals surface area (Å²) in [5.41, 5.74) is 11.8. The summed E-state index contributed by atoms with van der Waals surface area (Å²) in [5.74, 6) is 0. The van der Waals surface area contributed by atoms with Gasteiger partial charge in [-0.25, -0.2) is 0 Å². The van der Waals surface area contributed by atoms with Crippen molar-refractivity contribution in [3.63, 3.8) is 0 Å². The van der Waals surface area contributed by atoms with Crippen LogP contribution in [0.1, 0.15) is 34.7 Å². The highest BCUT2D eigenvalue weighted by Gasteiger charge is 2.18. The first-order valence-corrected chi connectivity index (χ1v) is 7.71. The van der Waals surface area contributed by atoms with Crippen LogP contribution in [0, 0.1) is 20.8 Å². The second-order valence-corrected chi connectivity index (χ2v) is 6.38. The van der Waals surface area contributed by atoms with Gasteiger partial charge in [0, 0.05) is 25.7 Å². The molecule has 2 N–H and O–H groups in total. The third-order valence-corrected chi connectivity index (χ3v) is 4.38. The van der Waals surface area contributed by atoms with Crippen LogP contribution in [0.5, 0.6) is 0 Å². The topological polar surface area (TPSA) is 32.5 Å². The zero-order valence-electron chi connectivity index (χ0n) is 13.4. The van der Waals surface area contributed by atoms with E-state index in [1.807, 2.05) is 0 Å². The molecule has 1 aliphatic heterocycles. The Morgan fingerprint density at radius 1 is 1.05 bits per heavy atom. The number of likely N-dealkylation sites (N-methyl/N-ethyl adjacent to an activating group) is 1. The van der Waals surface area contributed by atoms with Gasteiger partial charge in [0.2, 0.25) is 0 Å². The van der Waals surface area contributed by atoms with Crippen LogP contribution in [0.2, 0.25) is 0 Å². The number of hydrogen-bond acceptors (Lipinski definition) is 3. The van der Waals surface area contributed by atoms with Gasteiger partial charge >= 0.3 is 0 Å². The number of nitrogens with zero attached hydrogens (tertiary/aromatic N) is 2. The van der Waals surface area contributed by atoms with Gasteiger partial charge in [0.25, 0.3) is 0 Å². The van der Waals surface area contributed by atoms with Gasteiger partial charge in [0.05, 0.1) is 0 Å². The summed E-state index contributed by atoms with van der Waals surface area (Å²) in [6.07, 6.45) is 1.25. The van der Waals surface area contributed by atoms with Crippen LogP contribution in [0.4, 0.5) is 0 Å². The molecule has 1 heterocycles. The first-order valence-electron chi connectivity index (χ1n) is 7.71. The predicted molar refractivity (Wildman–Crippen MR) is 86.1 cm³/mol. The molecule has 2 rings (SSSR count). The van der Waals surface area contributed by atoms with E-state index in [2.05, 4.69) is 49.8 Å². The standard InChI is InChI=1S/C17H29N3/c1-13-10-14(2)17(15(3)11-13)16(18)12-20-7-5-6-19(4)8-9-20/h10-11,16H,5-9,12,18H2,1-4H3. The van der Waals surface area contributed by atoms with Crippen molar-refractivity contribution < 1.29 is 0 Å². The maximum Gasteiger partial charge on any atom is 0.0429 e. The molecule has 0 radical (unpaired) electrons. The number of benzene rings is 1. The lowest BCUT2D eigenvalue weighted by Crippen LogP contribution is -2.35. The summed E-state index contributed by atoms with van der Waals surface area (Å²) in [6.45, 7) is 12.2. The molecule has 3 heteroatoms. The zero-order valence-corrected chi connectivity index (χ0v) is 13.4. The van der Waals surface area contributed by atoms with Crippen molar-refractivity contribution in [1.29, 1.82) is 0 Å². The second kappa shape index (κ2) is 6.70. The lowest BCUT2D eigenvalue weighted by atomic mass is 9.94. The molecule has 1 aromatic carbocycles. The molecular weight excluding hydrogens is 246 g/mol. The van der Waals surface area contributed by atoms with Crippen LogP contribution in [0.25, 0.3) is 0 Å². The maximum absolute atomic E-state index is 6.51. The minimum Gasteiger partial charge on any atom is -0.323 e. The third kappa shape index (κ3) is 3.81. The van der Waals surface area contributed by atoms with Gasteiger partial charge in [-0.1, -0.05) is 17.7 Å². The Labute approximate surface area is 123 Å². The molecule has 1 aliphatic rings. The minimum atomic E-state index is 0.124. The molecule has 0 spiro atoms. The van der Waals surface area contributed by atoms with E-state index in [1.54, 1.807) is 0 Å². The van der Waals surface area contributed by atoms with Crippen molar-refractivity contribution >= 4 is 0 Å². The van der Waals surface area contributed by atoms with E-state index in [0.717, 1.165) is 19.6 Å².